The fourth-order valence-corrected chi connectivity index (χ4v) is 3.53. The van der Waals surface area contributed by atoms with Crippen molar-refractivity contribution in [1.29, 1.82) is 0 Å². The summed E-state index contributed by atoms with van der Waals surface area (Å²) in [6.45, 7) is 2.48. The van der Waals surface area contributed by atoms with Crippen LogP contribution in [0.2, 0.25) is 0 Å². The first-order valence-corrected chi connectivity index (χ1v) is 8.35. The number of aromatic nitrogens is 3. The Labute approximate surface area is 141 Å². The van der Waals surface area contributed by atoms with Crippen LogP contribution in [-0.2, 0) is 6.42 Å². The van der Waals surface area contributed by atoms with E-state index in [2.05, 4.69) is 39.3 Å². The Kier molecular flexibility index (Phi) is 3.72. The first kappa shape index (κ1) is 15.1. The van der Waals surface area contributed by atoms with Crippen molar-refractivity contribution in [2.24, 2.45) is 0 Å². The van der Waals surface area contributed by atoms with Gasteiger partial charge < -0.3 is 20.1 Å². The standard InChI is InChI=1S/C17H22N6O/c1-22(2)12-4-6-23(9-12)17(24)14-7-11(8-19-14)15-13-3-5-18-16(13)21-10-20-15/h7-8,10,12,19H,3-6,9H2,1-2H3,(H,18,20,21). The molecule has 2 aromatic rings. The van der Waals surface area contributed by atoms with Crippen molar-refractivity contribution in [2.45, 2.75) is 18.9 Å². The van der Waals surface area contributed by atoms with Gasteiger partial charge in [0.2, 0.25) is 0 Å². The van der Waals surface area contributed by atoms with Crippen molar-refractivity contribution in [3.8, 4) is 11.3 Å². The highest BCUT2D eigenvalue weighted by Gasteiger charge is 2.29. The lowest BCUT2D eigenvalue weighted by Crippen LogP contribution is -2.34. The minimum atomic E-state index is 0.0643. The molecule has 0 bridgehead atoms. The molecule has 24 heavy (non-hydrogen) atoms. The molecule has 7 heteroatoms. The number of H-pyrrole nitrogens is 1. The van der Waals surface area contributed by atoms with Crippen LogP contribution in [0.4, 0.5) is 5.82 Å². The van der Waals surface area contributed by atoms with Gasteiger partial charge in [-0.1, -0.05) is 0 Å². The molecule has 0 spiro atoms. The fourth-order valence-electron chi connectivity index (χ4n) is 3.53. The molecule has 1 fully saturated rings. The minimum Gasteiger partial charge on any atom is -0.369 e. The van der Waals surface area contributed by atoms with E-state index in [1.807, 2.05) is 17.2 Å². The van der Waals surface area contributed by atoms with E-state index >= 15 is 0 Å². The second-order valence-electron chi connectivity index (χ2n) is 6.69. The van der Waals surface area contributed by atoms with Crippen LogP contribution in [0, 0.1) is 0 Å². The number of hydrogen-bond acceptors (Lipinski definition) is 5. The maximum absolute atomic E-state index is 12.7. The molecule has 1 saturated heterocycles. The SMILES string of the molecule is CN(C)C1CCN(C(=O)c2cc(-c3ncnc4c3CCN4)c[nH]2)C1. The first-order chi connectivity index (χ1) is 11.6. The van der Waals surface area contributed by atoms with E-state index in [-0.39, 0.29) is 5.91 Å². The van der Waals surface area contributed by atoms with Crippen LogP contribution in [-0.4, -0.2) is 70.4 Å². The highest BCUT2D eigenvalue weighted by atomic mass is 16.2. The topological polar surface area (TPSA) is 77.2 Å². The molecule has 2 aliphatic heterocycles. The number of aromatic amines is 1. The van der Waals surface area contributed by atoms with E-state index in [1.54, 1.807) is 6.33 Å². The number of likely N-dealkylation sites (N-methyl/N-ethyl adjacent to an activating group) is 1. The zero-order valence-corrected chi connectivity index (χ0v) is 14.0. The fraction of sp³-hybridized carbons (Fsp3) is 0.471. The van der Waals surface area contributed by atoms with Crippen LogP contribution in [0.25, 0.3) is 11.3 Å². The molecule has 4 heterocycles. The number of nitrogens with one attached hydrogen (secondary N) is 2. The number of carbonyl (C=O) groups excluding carboxylic acids is 1. The minimum absolute atomic E-state index is 0.0643. The molecule has 7 nitrogen and oxygen atoms in total. The Bertz CT molecular complexity index is 768. The monoisotopic (exact) mass is 326 g/mol. The molecular formula is C17H22N6O. The van der Waals surface area contributed by atoms with Gasteiger partial charge in [-0.15, -0.1) is 0 Å². The van der Waals surface area contributed by atoms with Crippen LogP contribution in [0.5, 0.6) is 0 Å². The van der Waals surface area contributed by atoms with Gasteiger partial charge in [0.15, 0.2) is 0 Å². The van der Waals surface area contributed by atoms with Crippen molar-refractivity contribution >= 4 is 11.7 Å². The molecular weight excluding hydrogens is 304 g/mol. The number of amides is 1. The second-order valence-corrected chi connectivity index (χ2v) is 6.69. The molecule has 1 unspecified atom stereocenters. The third-order valence-electron chi connectivity index (χ3n) is 4.98. The smallest absolute Gasteiger partial charge is 0.270 e. The van der Waals surface area contributed by atoms with Crippen LogP contribution >= 0.6 is 0 Å². The van der Waals surface area contributed by atoms with Gasteiger partial charge >= 0.3 is 0 Å². The van der Waals surface area contributed by atoms with Crippen molar-refractivity contribution in [3.63, 3.8) is 0 Å². The van der Waals surface area contributed by atoms with Gasteiger partial charge in [0.1, 0.15) is 17.8 Å². The van der Waals surface area contributed by atoms with Gasteiger partial charge in [0, 0.05) is 43.0 Å². The highest BCUT2D eigenvalue weighted by Crippen LogP contribution is 2.30. The van der Waals surface area contributed by atoms with Gasteiger partial charge in [0.25, 0.3) is 5.91 Å². The molecule has 4 rings (SSSR count). The van der Waals surface area contributed by atoms with Crippen LogP contribution in [0.1, 0.15) is 22.5 Å². The lowest BCUT2D eigenvalue weighted by atomic mass is 10.1. The Morgan fingerprint density at radius 2 is 2.25 bits per heavy atom. The molecule has 2 N–H and O–H groups in total. The average molecular weight is 326 g/mol. The summed E-state index contributed by atoms with van der Waals surface area (Å²) in [6.07, 6.45) is 5.38. The number of nitrogens with zero attached hydrogens (tertiary/aromatic N) is 4. The third-order valence-corrected chi connectivity index (χ3v) is 4.98. The predicted molar refractivity (Wildman–Crippen MR) is 92.0 cm³/mol. The summed E-state index contributed by atoms with van der Waals surface area (Å²) >= 11 is 0. The number of fused-ring (bicyclic) bond motifs is 1. The molecule has 2 aliphatic rings. The molecule has 0 aliphatic carbocycles. The van der Waals surface area contributed by atoms with Crippen molar-refractivity contribution in [3.05, 3.63) is 29.8 Å². The summed E-state index contributed by atoms with van der Waals surface area (Å²) in [7, 11) is 4.13. The van der Waals surface area contributed by atoms with E-state index in [0.29, 0.717) is 11.7 Å². The summed E-state index contributed by atoms with van der Waals surface area (Å²) in [5, 5.41) is 3.26. The molecule has 1 atom stereocenters. The van der Waals surface area contributed by atoms with Gasteiger partial charge in [0.05, 0.1) is 5.69 Å². The Morgan fingerprint density at radius 3 is 3.04 bits per heavy atom. The molecule has 0 saturated carbocycles. The summed E-state index contributed by atoms with van der Waals surface area (Å²) in [6, 6.07) is 2.35. The summed E-state index contributed by atoms with van der Waals surface area (Å²) in [4.78, 5) is 28.6. The van der Waals surface area contributed by atoms with Gasteiger partial charge in [-0.25, -0.2) is 9.97 Å². The van der Waals surface area contributed by atoms with Gasteiger partial charge in [-0.2, -0.15) is 0 Å². The molecule has 126 valence electrons. The lowest BCUT2D eigenvalue weighted by Gasteiger charge is -2.20. The van der Waals surface area contributed by atoms with Crippen LogP contribution < -0.4 is 5.32 Å². The molecule has 0 aromatic carbocycles. The summed E-state index contributed by atoms with van der Waals surface area (Å²) in [5.74, 6) is 0.969. The quantitative estimate of drug-likeness (QED) is 0.887. The number of likely N-dealkylation sites (tertiary alicyclic amines) is 1. The Balaban J connectivity index is 1.56. The number of anilines is 1. The Morgan fingerprint density at radius 1 is 1.38 bits per heavy atom. The van der Waals surface area contributed by atoms with Crippen LogP contribution in [0.15, 0.2) is 18.6 Å². The van der Waals surface area contributed by atoms with Crippen molar-refractivity contribution in [2.75, 3.05) is 39.0 Å². The largest absolute Gasteiger partial charge is 0.369 e. The normalized spacial score (nSPS) is 19.6. The number of rotatable bonds is 3. The summed E-state index contributed by atoms with van der Waals surface area (Å²) in [5.41, 5.74) is 3.61. The maximum atomic E-state index is 12.7. The molecule has 1 amide bonds. The van der Waals surface area contributed by atoms with Crippen LogP contribution in [0.3, 0.4) is 0 Å². The zero-order chi connectivity index (χ0) is 16.7. The molecule has 0 radical (unpaired) electrons. The average Bonchev–Trinajstić information content (AvgIpc) is 3.32. The van der Waals surface area contributed by atoms with Gasteiger partial charge in [-0.05, 0) is 33.0 Å². The number of carbonyl (C=O) groups is 1. The van der Waals surface area contributed by atoms with Crippen molar-refractivity contribution in [1.82, 2.24) is 24.8 Å². The molecule has 2 aromatic heterocycles. The first-order valence-electron chi connectivity index (χ1n) is 8.35. The Hall–Kier alpha value is -2.41. The van der Waals surface area contributed by atoms with Crippen molar-refractivity contribution < 1.29 is 4.79 Å². The van der Waals surface area contributed by atoms with E-state index in [4.69, 9.17) is 0 Å². The number of hydrogen-bond donors (Lipinski definition) is 2. The van der Waals surface area contributed by atoms with E-state index < -0.39 is 0 Å². The predicted octanol–water partition coefficient (Wildman–Crippen LogP) is 1.22. The van der Waals surface area contributed by atoms with Gasteiger partial charge in [-0.3, -0.25) is 4.79 Å². The zero-order valence-electron chi connectivity index (χ0n) is 14.0. The summed E-state index contributed by atoms with van der Waals surface area (Å²) < 4.78 is 0. The van der Waals surface area contributed by atoms with E-state index in [0.717, 1.165) is 55.1 Å². The van der Waals surface area contributed by atoms with E-state index in [1.165, 1.54) is 0 Å². The third kappa shape index (κ3) is 2.54. The van der Waals surface area contributed by atoms with E-state index in [9.17, 15) is 4.79 Å². The highest BCUT2D eigenvalue weighted by molar-refractivity contribution is 5.94. The maximum Gasteiger partial charge on any atom is 0.270 e. The lowest BCUT2D eigenvalue weighted by molar-refractivity contribution is 0.0778. The second kappa shape index (κ2) is 5.90.